The molecule has 0 spiro atoms. The zero-order valence-corrected chi connectivity index (χ0v) is 10.8. The van der Waals surface area contributed by atoms with Gasteiger partial charge in [-0.2, -0.15) is 0 Å². The third-order valence-corrected chi connectivity index (χ3v) is 2.91. The van der Waals surface area contributed by atoms with E-state index in [4.69, 9.17) is 21.8 Å². The number of amides is 2. The van der Waals surface area contributed by atoms with Crippen molar-refractivity contribution in [2.45, 2.75) is 6.92 Å². The van der Waals surface area contributed by atoms with Gasteiger partial charge >= 0.3 is 0 Å². The number of anilines is 1. The van der Waals surface area contributed by atoms with Gasteiger partial charge in [0.15, 0.2) is 0 Å². The van der Waals surface area contributed by atoms with E-state index in [1.54, 1.807) is 25.1 Å². The Balaban J connectivity index is 2.23. The second-order valence-electron chi connectivity index (χ2n) is 3.96. The highest BCUT2D eigenvalue weighted by Crippen LogP contribution is 2.21. The maximum atomic E-state index is 11.9. The van der Waals surface area contributed by atoms with Crippen LogP contribution >= 0.6 is 11.6 Å². The Morgan fingerprint density at radius 2 is 2.05 bits per heavy atom. The fraction of sp³-hybridized carbons (Fsp3) is 0.0769. The monoisotopic (exact) mass is 278 g/mol. The molecule has 2 aromatic rings. The minimum atomic E-state index is -0.515. The molecule has 0 bridgehead atoms. The third-order valence-electron chi connectivity index (χ3n) is 2.62. The number of rotatable bonds is 3. The van der Waals surface area contributed by atoms with Crippen LogP contribution in [0.3, 0.4) is 0 Å². The fourth-order valence-corrected chi connectivity index (χ4v) is 1.80. The first kappa shape index (κ1) is 13.2. The molecule has 1 aromatic heterocycles. The normalized spacial score (nSPS) is 10.2. The molecule has 2 rings (SSSR count). The number of nitrogens with one attached hydrogen (secondary N) is 1. The van der Waals surface area contributed by atoms with Crippen LogP contribution in [0.4, 0.5) is 5.69 Å². The first-order valence-corrected chi connectivity index (χ1v) is 5.81. The lowest BCUT2D eigenvalue weighted by Gasteiger charge is -2.08. The van der Waals surface area contributed by atoms with Gasteiger partial charge in [0.05, 0.1) is 11.8 Å². The van der Waals surface area contributed by atoms with E-state index >= 15 is 0 Å². The van der Waals surface area contributed by atoms with Gasteiger partial charge in [-0.25, -0.2) is 0 Å². The number of halogens is 1. The van der Waals surface area contributed by atoms with E-state index in [9.17, 15) is 9.59 Å². The summed E-state index contributed by atoms with van der Waals surface area (Å²) in [7, 11) is 0. The smallest absolute Gasteiger partial charge is 0.260 e. The van der Waals surface area contributed by atoms with Crippen molar-refractivity contribution in [2.75, 3.05) is 5.32 Å². The molecule has 0 radical (unpaired) electrons. The predicted octanol–water partition coefficient (Wildman–Crippen LogP) is 2.59. The molecule has 3 N–H and O–H groups in total. The van der Waals surface area contributed by atoms with Crippen molar-refractivity contribution < 1.29 is 14.0 Å². The van der Waals surface area contributed by atoms with Crippen LogP contribution in [0.2, 0.25) is 5.22 Å². The van der Waals surface area contributed by atoms with Crippen LogP contribution in [0.15, 0.2) is 34.9 Å². The number of furan rings is 1. The second kappa shape index (κ2) is 5.16. The van der Waals surface area contributed by atoms with Crippen molar-refractivity contribution in [3.63, 3.8) is 0 Å². The van der Waals surface area contributed by atoms with Crippen molar-refractivity contribution >= 4 is 29.1 Å². The van der Waals surface area contributed by atoms with E-state index < -0.39 is 5.91 Å². The number of primary amides is 1. The summed E-state index contributed by atoms with van der Waals surface area (Å²) >= 11 is 5.72. The van der Waals surface area contributed by atoms with Crippen molar-refractivity contribution in [1.82, 2.24) is 0 Å². The summed E-state index contributed by atoms with van der Waals surface area (Å²) in [6.45, 7) is 1.76. The number of hydrogen-bond acceptors (Lipinski definition) is 3. The van der Waals surface area contributed by atoms with Crippen molar-refractivity contribution in [2.24, 2.45) is 5.73 Å². The Labute approximate surface area is 114 Å². The van der Waals surface area contributed by atoms with E-state index in [-0.39, 0.29) is 16.7 Å². The Morgan fingerprint density at radius 1 is 1.32 bits per heavy atom. The van der Waals surface area contributed by atoms with Crippen LogP contribution in [-0.4, -0.2) is 11.8 Å². The first-order chi connectivity index (χ1) is 8.99. The highest BCUT2D eigenvalue weighted by atomic mass is 35.5. The van der Waals surface area contributed by atoms with Crippen LogP contribution in [0, 0.1) is 6.92 Å². The Bertz CT molecular complexity index is 649. The highest BCUT2D eigenvalue weighted by Gasteiger charge is 2.14. The van der Waals surface area contributed by atoms with Gasteiger partial charge in [0.1, 0.15) is 0 Å². The molecule has 6 heteroatoms. The Hall–Kier alpha value is -2.27. The molecule has 5 nitrogen and oxygen atoms in total. The summed E-state index contributed by atoms with van der Waals surface area (Å²) in [6, 6.07) is 6.24. The van der Waals surface area contributed by atoms with Gasteiger partial charge < -0.3 is 15.5 Å². The number of aryl methyl sites for hydroxylation is 1. The molecule has 0 unspecified atom stereocenters. The molecule has 0 saturated heterocycles. The van der Waals surface area contributed by atoms with Gasteiger partial charge in [-0.05, 0) is 48.4 Å². The van der Waals surface area contributed by atoms with Gasteiger partial charge in [-0.1, -0.05) is 0 Å². The lowest BCUT2D eigenvalue weighted by atomic mass is 10.1. The molecule has 1 aromatic carbocycles. The molecule has 0 aliphatic carbocycles. The van der Waals surface area contributed by atoms with E-state index in [2.05, 4.69) is 5.32 Å². The molecule has 0 aliphatic rings. The van der Waals surface area contributed by atoms with Crippen LogP contribution in [0.1, 0.15) is 26.3 Å². The molecule has 0 aliphatic heterocycles. The molecule has 2 amide bonds. The van der Waals surface area contributed by atoms with Crippen LogP contribution in [0.5, 0.6) is 0 Å². The van der Waals surface area contributed by atoms with E-state index in [0.717, 1.165) is 5.56 Å². The summed E-state index contributed by atoms with van der Waals surface area (Å²) in [6.07, 6.45) is 1.33. The Morgan fingerprint density at radius 3 is 2.58 bits per heavy atom. The van der Waals surface area contributed by atoms with Gasteiger partial charge in [0.2, 0.25) is 11.1 Å². The quantitative estimate of drug-likeness (QED) is 0.905. The molecule has 0 saturated carbocycles. The topological polar surface area (TPSA) is 85.3 Å². The number of hydrogen-bond donors (Lipinski definition) is 2. The van der Waals surface area contributed by atoms with Crippen molar-refractivity contribution in [3.05, 3.63) is 52.4 Å². The van der Waals surface area contributed by atoms with Crippen molar-refractivity contribution in [3.8, 4) is 0 Å². The third kappa shape index (κ3) is 2.77. The van der Waals surface area contributed by atoms with E-state index in [1.807, 2.05) is 0 Å². The number of nitrogens with two attached hydrogens (primary N) is 1. The molecular formula is C13H11ClN2O3. The number of carbonyl (C=O) groups excluding carboxylic acids is 2. The van der Waals surface area contributed by atoms with E-state index in [0.29, 0.717) is 11.3 Å². The van der Waals surface area contributed by atoms with Gasteiger partial charge in [-0.15, -0.1) is 0 Å². The fourth-order valence-electron chi connectivity index (χ4n) is 1.60. The molecule has 0 fully saturated rings. The average Bonchev–Trinajstić information content (AvgIpc) is 2.77. The molecular weight excluding hydrogens is 268 g/mol. The molecule has 19 heavy (non-hydrogen) atoms. The number of carbonyl (C=O) groups is 2. The molecule has 0 atom stereocenters. The zero-order valence-electron chi connectivity index (χ0n) is 10.1. The summed E-state index contributed by atoms with van der Waals surface area (Å²) in [5.41, 5.74) is 7.11. The minimum absolute atomic E-state index is 0.0314. The predicted molar refractivity (Wildman–Crippen MR) is 71.4 cm³/mol. The maximum absolute atomic E-state index is 11.9. The highest BCUT2D eigenvalue weighted by molar-refractivity contribution is 6.32. The maximum Gasteiger partial charge on any atom is 0.260 e. The molecule has 1 heterocycles. The summed E-state index contributed by atoms with van der Waals surface area (Å²) in [5.74, 6) is -0.896. The zero-order chi connectivity index (χ0) is 14.0. The minimum Gasteiger partial charge on any atom is -0.452 e. The lowest BCUT2D eigenvalue weighted by molar-refractivity contribution is 0.0998. The Kier molecular flexibility index (Phi) is 3.57. The molecule has 98 valence electrons. The van der Waals surface area contributed by atoms with Gasteiger partial charge in [-0.3, -0.25) is 9.59 Å². The van der Waals surface area contributed by atoms with Gasteiger partial charge in [0.25, 0.3) is 5.91 Å². The number of benzene rings is 1. The SMILES string of the molecule is Cc1cc(C(N)=O)ccc1NC(=O)c1ccoc1Cl. The van der Waals surface area contributed by atoms with Crippen molar-refractivity contribution in [1.29, 1.82) is 0 Å². The lowest BCUT2D eigenvalue weighted by Crippen LogP contribution is -2.14. The largest absolute Gasteiger partial charge is 0.452 e. The van der Waals surface area contributed by atoms with E-state index in [1.165, 1.54) is 12.3 Å². The summed E-state index contributed by atoms with van der Waals surface area (Å²) < 4.78 is 4.85. The standard InChI is InChI=1S/C13H11ClN2O3/c1-7-6-8(12(15)17)2-3-10(7)16-13(18)9-4-5-19-11(9)14/h2-6H,1H3,(H2,15,17)(H,16,18). The van der Waals surface area contributed by atoms with Crippen LogP contribution in [-0.2, 0) is 0 Å². The first-order valence-electron chi connectivity index (χ1n) is 5.44. The van der Waals surface area contributed by atoms with Gasteiger partial charge in [0, 0.05) is 11.3 Å². The van der Waals surface area contributed by atoms with Crippen LogP contribution < -0.4 is 11.1 Å². The summed E-state index contributed by atoms with van der Waals surface area (Å²) in [5, 5.41) is 2.72. The summed E-state index contributed by atoms with van der Waals surface area (Å²) in [4.78, 5) is 22.9. The second-order valence-corrected chi connectivity index (χ2v) is 4.30. The van der Waals surface area contributed by atoms with Crippen LogP contribution in [0.25, 0.3) is 0 Å². The average molecular weight is 279 g/mol.